The number of allylic oxidation sites excluding steroid dienone is 6. The van der Waals surface area contributed by atoms with Crippen LogP contribution in [0.5, 0.6) is 0 Å². The third-order valence-electron chi connectivity index (χ3n) is 3.44. The van der Waals surface area contributed by atoms with Gasteiger partial charge in [-0.15, -0.1) is 0 Å². The van der Waals surface area contributed by atoms with Gasteiger partial charge in [-0.1, -0.05) is 44.6 Å². The summed E-state index contributed by atoms with van der Waals surface area (Å²) in [7, 11) is 0. The van der Waals surface area contributed by atoms with Crippen LogP contribution < -0.4 is 0 Å². The van der Waals surface area contributed by atoms with Crippen LogP contribution in [0.15, 0.2) is 34.9 Å². The number of rotatable bonds is 0. The van der Waals surface area contributed by atoms with Gasteiger partial charge in [0, 0.05) is 5.41 Å². The van der Waals surface area contributed by atoms with E-state index >= 15 is 0 Å². The maximum absolute atomic E-state index is 2.48. The third-order valence-corrected chi connectivity index (χ3v) is 3.44. The van der Waals surface area contributed by atoms with Crippen LogP contribution in [0.2, 0.25) is 0 Å². The summed E-state index contributed by atoms with van der Waals surface area (Å²) < 4.78 is 0. The number of hydrogen-bond donors (Lipinski definition) is 0. The quantitative estimate of drug-likeness (QED) is 0.536. The Kier molecular flexibility index (Phi) is 2.62. The molecule has 1 saturated carbocycles. The summed E-state index contributed by atoms with van der Waals surface area (Å²) in [5, 5.41) is 0. The van der Waals surface area contributed by atoms with Crippen molar-refractivity contribution in [1.29, 1.82) is 0 Å². The summed E-state index contributed by atoms with van der Waals surface area (Å²) in [5.74, 6) is 0.864. The molecule has 0 aliphatic heterocycles. The molecule has 2 aliphatic carbocycles. The maximum Gasteiger partial charge on any atom is 0.00160 e. The topological polar surface area (TPSA) is 0 Å². The van der Waals surface area contributed by atoms with E-state index in [1.165, 1.54) is 24.8 Å². The zero-order chi connectivity index (χ0) is 11.1. The van der Waals surface area contributed by atoms with Gasteiger partial charge in [0.1, 0.15) is 0 Å². The highest BCUT2D eigenvalue weighted by molar-refractivity contribution is 5.43. The van der Waals surface area contributed by atoms with Crippen LogP contribution in [0.1, 0.15) is 47.0 Å². The molecule has 0 radical (unpaired) electrons. The fourth-order valence-corrected chi connectivity index (χ4v) is 2.88. The van der Waals surface area contributed by atoms with E-state index in [1.54, 1.807) is 11.1 Å². The Morgan fingerprint density at radius 1 is 1.20 bits per heavy atom. The zero-order valence-corrected chi connectivity index (χ0v) is 10.4. The standard InChI is InChI=1S/C15H22/c1-11-5-6-13-8-12(2)9-15(3,4)10-14(13)7-11/h8-11H,5-7H2,1-4H3. The lowest BCUT2D eigenvalue weighted by Crippen LogP contribution is -2.10. The minimum Gasteiger partial charge on any atom is -0.0721 e. The fourth-order valence-electron chi connectivity index (χ4n) is 2.88. The summed E-state index contributed by atoms with van der Waals surface area (Å²) in [6.07, 6.45) is 11.2. The van der Waals surface area contributed by atoms with Crippen LogP contribution in [-0.2, 0) is 0 Å². The molecule has 0 N–H and O–H groups in total. The molecular formula is C15H22. The SMILES string of the molecule is CC1=CC(C)(C)C=C2CC(C)CCC2=C1. The van der Waals surface area contributed by atoms with Gasteiger partial charge in [-0.25, -0.2) is 0 Å². The molecule has 0 aromatic carbocycles. The van der Waals surface area contributed by atoms with Crippen molar-refractivity contribution in [3.8, 4) is 0 Å². The van der Waals surface area contributed by atoms with Crippen LogP contribution in [0.3, 0.4) is 0 Å². The first-order chi connectivity index (χ1) is 6.96. The molecule has 0 spiro atoms. The first-order valence-corrected chi connectivity index (χ1v) is 6.08. The predicted octanol–water partition coefficient (Wildman–Crippen LogP) is 4.65. The lowest BCUT2D eigenvalue weighted by molar-refractivity contribution is 0.491. The highest BCUT2D eigenvalue weighted by Gasteiger charge is 2.23. The van der Waals surface area contributed by atoms with E-state index in [2.05, 4.69) is 45.9 Å². The normalized spacial score (nSPS) is 29.6. The largest absolute Gasteiger partial charge is 0.0721 e. The van der Waals surface area contributed by atoms with Gasteiger partial charge in [-0.3, -0.25) is 0 Å². The smallest absolute Gasteiger partial charge is 0.00160 e. The first-order valence-electron chi connectivity index (χ1n) is 6.08. The molecule has 0 heteroatoms. The van der Waals surface area contributed by atoms with Gasteiger partial charge in [0.25, 0.3) is 0 Å². The van der Waals surface area contributed by atoms with Crippen molar-refractivity contribution in [2.45, 2.75) is 47.0 Å². The van der Waals surface area contributed by atoms with Gasteiger partial charge < -0.3 is 0 Å². The molecule has 1 atom stereocenters. The molecule has 15 heavy (non-hydrogen) atoms. The van der Waals surface area contributed by atoms with E-state index in [9.17, 15) is 0 Å². The van der Waals surface area contributed by atoms with E-state index < -0.39 is 0 Å². The summed E-state index contributed by atoms with van der Waals surface area (Å²) in [6, 6.07) is 0. The van der Waals surface area contributed by atoms with Crippen molar-refractivity contribution in [3.63, 3.8) is 0 Å². The molecular weight excluding hydrogens is 180 g/mol. The van der Waals surface area contributed by atoms with Crippen LogP contribution >= 0.6 is 0 Å². The van der Waals surface area contributed by atoms with Crippen molar-refractivity contribution in [2.24, 2.45) is 11.3 Å². The van der Waals surface area contributed by atoms with Gasteiger partial charge in [-0.2, -0.15) is 0 Å². The molecule has 2 aliphatic rings. The van der Waals surface area contributed by atoms with E-state index in [-0.39, 0.29) is 5.41 Å². The summed E-state index contributed by atoms with van der Waals surface area (Å²) in [5.41, 5.74) is 4.85. The molecule has 1 unspecified atom stereocenters. The molecule has 82 valence electrons. The van der Waals surface area contributed by atoms with Crippen LogP contribution in [0.25, 0.3) is 0 Å². The van der Waals surface area contributed by atoms with Gasteiger partial charge in [0.15, 0.2) is 0 Å². The van der Waals surface area contributed by atoms with E-state index in [0.29, 0.717) is 0 Å². The Bertz CT molecular complexity index is 350. The summed E-state index contributed by atoms with van der Waals surface area (Å²) >= 11 is 0. The maximum atomic E-state index is 2.48. The lowest BCUT2D eigenvalue weighted by atomic mass is 9.80. The van der Waals surface area contributed by atoms with Gasteiger partial charge in [0.05, 0.1) is 0 Å². The van der Waals surface area contributed by atoms with E-state index in [1.807, 2.05) is 0 Å². The molecule has 0 aromatic heterocycles. The summed E-state index contributed by atoms with van der Waals surface area (Å²) in [4.78, 5) is 0. The lowest BCUT2D eigenvalue weighted by Gasteiger charge is -2.25. The van der Waals surface area contributed by atoms with E-state index in [4.69, 9.17) is 0 Å². The second-order valence-electron chi connectivity index (χ2n) is 5.90. The Morgan fingerprint density at radius 2 is 1.93 bits per heavy atom. The second kappa shape index (κ2) is 3.66. The van der Waals surface area contributed by atoms with Crippen LogP contribution in [-0.4, -0.2) is 0 Å². The number of hydrogen-bond acceptors (Lipinski definition) is 0. The second-order valence-corrected chi connectivity index (χ2v) is 5.90. The van der Waals surface area contributed by atoms with Crippen LogP contribution in [0.4, 0.5) is 0 Å². The Balaban J connectivity index is 2.38. The monoisotopic (exact) mass is 202 g/mol. The molecule has 1 fully saturated rings. The Labute approximate surface area is 93.8 Å². The van der Waals surface area contributed by atoms with Crippen molar-refractivity contribution >= 4 is 0 Å². The molecule has 0 amide bonds. The minimum absolute atomic E-state index is 0.231. The molecule has 0 saturated heterocycles. The highest BCUT2D eigenvalue weighted by atomic mass is 14.3. The average molecular weight is 202 g/mol. The first kappa shape index (κ1) is 10.7. The molecule has 0 aromatic rings. The minimum atomic E-state index is 0.231. The molecule has 0 bridgehead atoms. The third kappa shape index (κ3) is 2.42. The average Bonchev–Trinajstić information content (AvgIpc) is 2.17. The van der Waals surface area contributed by atoms with Crippen molar-refractivity contribution < 1.29 is 0 Å². The fraction of sp³-hybridized carbons (Fsp3) is 0.600. The highest BCUT2D eigenvalue weighted by Crippen LogP contribution is 2.38. The summed E-state index contributed by atoms with van der Waals surface area (Å²) in [6.45, 7) is 9.21. The van der Waals surface area contributed by atoms with Gasteiger partial charge in [-0.05, 0) is 43.3 Å². The van der Waals surface area contributed by atoms with Gasteiger partial charge >= 0.3 is 0 Å². The predicted molar refractivity (Wildman–Crippen MR) is 66.7 cm³/mol. The molecule has 0 nitrogen and oxygen atoms in total. The van der Waals surface area contributed by atoms with Crippen molar-refractivity contribution in [2.75, 3.05) is 0 Å². The molecule has 0 heterocycles. The van der Waals surface area contributed by atoms with Crippen molar-refractivity contribution in [1.82, 2.24) is 0 Å². The zero-order valence-electron chi connectivity index (χ0n) is 10.4. The Hall–Kier alpha value is -0.780. The Morgan fingerprint density at radius 3 is 2.67 bits per heavy atom. The van der Waals surface area contributed by atoms with Crippen molar-refractivity contribution in [3.05, 3.63) is 34.9 Å². The van der Waals surface area contributed by atoms with E-state index in [0.717, 1.165) is 5.92 Å². The van der Waals surface area contributed by atoms with Gasteiger partial charge in [0.2, 0.25) is 0 Å². The molecule has 2 rings (SSSR count). The number of fused-ring (bicyclic) bond motifs is 1. The van der Waals surface area contributed by atoms with Crippen LogP contribution in [0, 0.1) is 11.3 Å².